The van der Waals surface area contributed by atoms with E-state index >= 15 is 0 Å². The standard InChI is InChI=1S/C11H14FN3O2/c12-10-7-9(15(16)17)1-2-11(10)14-5-3-8(13)4-6-14/h1-2,7-8H,3-6,13H2. The van der Waals surface area contributed by atoms with E-state index in [9.17, 15) is 14.5 Å². The quantitative estimate of drug-likeness (QED) is 0.629. The van der Waals surface area contributed by atoms with E-state index in [2.05, 4.69) is 0 Å². The van der Waals surface area contributed by atoms with Gasteiger partial charge in [0, 0.05) is 25.2 Å². The number of nitrogens with two attached hydrogens (primary N) is 1. The molecule has 2 N–H and O–H groups in total. The van der Waals surface area contributed by atoms with Crippen LogP contribution in [0, 0.1) is 15.9 Å². The number of benzene rings is 1. The molecule has 1 saturated heterocycles. The van der Waals surface area contributed by atoms with Crippen LogP contribution >= 0.6 is 0 Å². The predicted octanol–water partition coefficient (Wildman–Crippen LogP) is 1.66. The van der Waals surface area contributed by atoms with Gasteiger partial charge in [0.2, 0.25) is 0 Å². The molecule has 0 atom stereocenters. The van der Waals surface area contributed by atoms with Gasteiger partial charge >= 0.3 is 0 Å². The molecular formula is C11H14FN3O2. The normalized spacial score (nSPS) is 17.2. The van der Waals surface area contributed by atoms with Gasteiger partial charge in [0.15, 0.2) is 5.82 Å². The summed E-state index contributed by atoms with van der Waals surface area (Å²) in [6.07, 6.45) is 1.63. The number of nitrogens with zero attached hydrogens (tertiary/aromatic N) is 2. The number of nitro groups is 1. The van der Waals surface area contributed by atoms with E-state index in [-0.39, 0.29) is 11.7 Å². The lowest BCUT2D eigenvalue weighted by atomic mass is 10.1. The molecule has 0 radical (unpaired) electrons. The summed E-state index contributed by atoms with van der Waals surface area (Å²) in [5, 5.41) is 10.5. The van der Waals surface area contributed by atoms with E-state index in [1.165, 1.54) is 12.1 Å². The molecule has 0 amide bonds. The summed E-state index contributed by atoms with van der Waals surface area (Å²) in [4.78, 5) is 11.8. The SMILES string of the molecule is NC1CCN(c2ccc([N+](=O)[O-])cc2F)CC1. The molecule has 2 rings (SSSR count). The lowest BCUT2D eigenvalue weighted by Gasteiger charge is -2.32. The minimum absolute atomic E-state index is 0.173. The molecule has 1 aromatic carbocycles. The molecule has 0 spiro atoms. The number of rotatable bonds is 2. The van der Waals surface area contributed by atoms with Crippen LogP contribution in [0.4, 0.5) is 15.8 Å². The Morgan fingerprint density at radius 2 is 2.06 bits per heavy atom. The van der Waals surface area contributed by atoms with Crippen LogP contribution in [0.5, 0.6) is 0 Å². The number of nitro benzene ring substituents is 1. The Kier molecular flexibility index (Phi) is 3.23. The van der Waals surface area contributed by atoms with Gasteiger partial charge in [-0.2, -0.15) is 0 Å². The topological polar surface area (TPSA) is 72.4 Å². The van der Waals surface area contributed by atoms with Gasteiger partial charge in [-0.05, 0) is 18.9 Å². The molecule has 1 fully saturated rings. The number of piperidine rings is 1. The minimum atomic E-state index is -0.598. The zero-order chi connectivity index (χ0) is 12.4. The van der Waals surface area contributed by atoms with Crippen molar-refractivity contribution in [1.29, 1.82) is 0 Å². The molecule has 0 saturated carbocycles. The molecule has 1 aliphatic rings. The third-order valence-corrected chi connectivity index (χ3v) is 3.02. The average molecular weight is 239 g/mol. The molecule has 0 unspecified atom stereocenters. The molecule has 1 aromatic rings. The van der Waals surface area contributed by atoms with Crippen molar-refractivity contribution in [3.8, 4) is 0 Å². The van der Waals surface area contributed by atoms with Gasteiger partial charge in [0.25, 0.3) is 5.69 Å². The van der Waals surface area contributed by atoms with Crippen molar-refractivity contribution in [2.24, 2.45) is 5.73 Å². The van der Waals surface area contributed by atoms with Gasteiger partial charge in [-0.3, -0.25) is 10.1 Å². The molecular weight excluding hydrogens is 225 g/mol. The molecule has 0 aliphatic carbocycles. The molecule has 1 heterocycles. The first-order valence-electron chi connectivity index (χ1n) is 5.52. The maximum atomic E-state index is 13.7. The maximum absolute atomic E-state index is 13.7. The molecule has 92 valence electrons. The van der Waals surface area contributed by atoms with Gasteiger partial charge in [-0.25, -0.2) is 4.39 Å². The summed E-state index contributed by atoms with van der Waals surface area (Å²) in [6, 6.07) is 3.92. The van der Waals surface area contributed by atoms with Crippen LogP contribution in [0.1, 0.15) is 12.8 Å². The second kappa shape index (κ2) is 4.67. The predicted molar refractivity (Wildman–Crippen MR) is 62.5 cm³/mol. The minimum Gasteiger partial charge on any atom is -0.369 e. The fourth-order valence-electron chi connectivity index (χ4n) is 2.01. The second-order valence-corrected chi connectivity index (χ2v) is 4.22. The average Bonchev–Trinajstić information content (AvgIpc) is 2.30. The molecule has 17 heavy (non-hydrogen) atoms. The molecule has 6 heteroatoms. The van der Waals surface area contributed by atoms with Crippen molar-refractivity contribution >= 4 is 11.4 Å². The van der Waals surface area contributed by atoms with Crippen LogP contribution in [0.15, 0.2) is 18.2 Å². The third kappa shape index (κ3) is 2.52. The summed E-state index contributed by atoms with van der Waals surface area (Å²) in [6.45, 7) is 1.38. The van der Waals surface area contributed by atoms with Crippen molar-refractivity contribution in [3.05, 3.63) is 34.1 Å². The van der Waals surface area contributed by atoms with E-state index in [4.69, 9.17) is 5.73 Å². The number of hydrogen-bond acceptors (Lipinski definition) is 4. The smallest absolute Gasteiger partial charge is 0.272 e. The van der Waals surface area contributed by atoms with Crippen LogP contribution in [0.25, 0.3) is 0 Å². The fourth-order valence-corrected chi connectivity index (χ4v) is 2.01. The van der Waals surface area contributed by atoms with Crippen LogP contribution in [0.2, 0.25) is 0 Å². The second-order valence-electron chi connectivity index (χ2n) is 4.22. The summed E-state index contributed by atoms with van der Waals surface area (Å²) in [5.41, 5.74) is 5.96. The Balaban J connectivity index is 2.19. The summed E-state index contributed by atoms with van der Waals surface area (Å²) in [5.74, 6) is -0.547. The Labute approximate surface area is 98.2 Å². The van der Waals surface area contributed by atoms with Crippen LogP contribution < -0.4 is 10.6 Å². The van der Waals surface area contributed by atoms with Crippen LogP contribution in [0.3, 0.4) is 0 Å². The summed E-state index contributed by atoms with van der Waals surface area (Å²) in [7, 11) is 0. The highest BCUT2D eigenvalue weighted by Gasteiger charge is 2.20. The number of non-ortho nitro benzene ring substituents is 1. The van der Waals surface area contributed by atoms with Crippen molar-refractivity contribution in [1.82, 2.24) is 0 Å². The van der Waals surface area contributed by atoms with Crippen molar-refractivity contribution < 1.29 is 9.31 Å². The maximum Gasteiger partial charge on any atom is 0.272 e. The molecule has 1 aliphatic heterocycles. The lowest BCUT2D eigenvalue weighted by molar-refractivity contribution is -0.385. The van der Waals surface area contributed by atoms with Gasteiger partial charge < -0.3 is 10.6 Å². The third-order valence-electron chi connectivity index (χ3n) is 3.02. The highest BCUT2D eigenvalue weighted by atomic mass is 19.1. The van der Waals surface area contributed by atoms with Crippen molar-refractivity contribution in [2.75, 3.05) is 18.0 Å². The highest BCUT2D eigenvalue weighted by molar-refractivity contribution is 5.52. The number of halogens is 1. The van der Waals surface area contributed by atoms with Gasteiger partial charge in [-0.15, -0.1) is 0 Å². The molecule has 5 nitrogen and oxygen atoms in total. The summed E-state index contributed by atoms with van der Waals surface area (Å²) >= 11 is 0. The summed E-state index contributed by atoms with van der Waals surface area (Å²) < 4.78 is 13.7. The van der Waals surface area contributed by atoms with E-state index in [0.29, 0.717) is 18.8 Å². The van der Waals surface area contributed by atoms with E-state index < -0.39 is 10.7 Å². The van der Waals surface area contributed by atoms with E-state index in [0.717, 1.165) is 18.9 Å². The van der Waals surface area contributed by atoms with E-state index in [1.807, 2.05) is 4.90 Å². The first-order valence-corrected chi connectivity index (χ1v) is 5.52. The first-order chi connectivity index (χ1) is 8.08. The Morgan fingerprint density at radius 1 is 1.41 bits per heavy atom. The lowest BCUT2D eigenvalue weighted by Crippen LogP contribution is -2.40. The molecule has 0 bridgehead atoms. The van der Waals surface area contributed by atoms with Crippen LogP contribution in [-0.2, 0) is 0 Å². The number of anilines is 1. The zero-order valence-electron chi connectivity index (χ0n) is 9.30. The van der Waals surface area contributed by atoms with E-state index in [1.54, 1.807) is 0 Å². The van der Waals surface area contributed by atoms with Crippen molar-refractivity contribution in [2.45, 2.75) is 18.9 Å². The first kappa shape index (κ1) is 11.8. The highest BCUT2D eigenvalue weighted by Crippen LogP contribution is 2.26. The van der Waals surface area contributed by atoms with Gasteiger partial charge in [-0.1, -0.05) is 0 Å². The largest absolute Gasteiger partial charge is 0.369 e. The zero-order valence-corrected chi connectivity index (χ0v) is 9.30. The monoisotopic (exact) mass is 239 g/mol. The molecule has 0 aromatic heterocycles. The van der Waals surface area contributed by atoms with Crippen molar-refractivity contribution in [3.63, 3.8) is 0 Å². The fraction of sp³-hybridized carbons (Fsp3) is 0.455. The van der Waals surface area contributed by atoms with Crippen LogP contribution in [-0.4, -0.2) is 24.1 Å². The Morgan fingerprint density at radius 3 is 2.59 bits per heavy atom. The Hall–Kier alpha value is -1.69. The number of hydrogen-bond donors (Lipinski definition) is 1. The Bertz CT molecular complexity index is 431. The van der Waals surface area contributed by atoms with Gasteiger partial charge in [0.05, 0.1) is 16.7 Å². The van der Waals surface area contributed by atoms with Gasteiger partial charge in [0.1, 0.15) is 0 Å².